The Hall–Kier alpha value is -2.11. The molecule has 130 valence electrons. The Bertz CT molecular complexity index is 699. The van der Waals surface area contributed by atoms with Gasteiger partial charge in [-0.15, -0.1) is 0 Å². The number of rotatable bonds is 4. The van der Waals surface area contributed by atoms with Gasteiger partial charge in [-0.25, -0.2) is 0 Å². The van der Waals surface area contributed by atoms with Crippen LogP contribution in [0, 0.1) is 26.7 Å². The van der Waals surface area contributed by atoms with Gasteiger partial charge in [0.15, 0.2) is 0 Å². The molecule has 1 amide bonds. The van der Waals surface area contributed by atoms with Crippen LogP contribution in [0.15, 0.2) is 10.6 Å². The molecule has 24 heavy (non-hydrogen) atoms. The summed E-state index contributed by atoms with van der Waals surface area (Å²) in [5.74, 6) is 1.29. The fraction of sp³-hybridized carbons (Fsp3) is 0.611. The summed E-state index contributed by atoms with van der Waals surface area (Å²) in [4.78, 5) is 14.9. The fourth-order valence-corrected chi connectivity index (χ4v) is 3.57. The van der Waals surface area contributed by atoms with Gasteiger partial charge >= 0.3 is 0 Å². The minimum atomic E-state index is -0.0681. The maximum atomic E-state index is 12.9. The third kappa shape index (κ3) is 3.37. The number of carbonyl (C=O) groups excluding carboxylic acids is 1. The van der Waals surface area contributed by atoms with Crippen LogP contribution in [0.2, 0.25) is 0 Å². The average Bonchev–Trinajstić information content (AvgIpc) is 3.15. The summed E-state index contributed by atoms with van der Waals surface area (Å²) in [6.45, 7) is 9.44. The summed E-state index contributed by atoms with van der Waals surface area (Å²) in [6.07, 6.45) is 2.80. The van der Waals surface area contributed by atoms with E-state index in [1.165, 1.54) is 0 Å². The summed E-state index contributed by atoms with van der Waals surface area (Å²) in [6, 6.07) is 2.09. The van der Waals surface area contributed by atoms with Crippen molar-refractivity contribution < 1.29 is 9.32 Å². The molecule has 3 heterocycles. The zero-order valence-electron chi connectivity index (χ0n) is 14.9. The van der Waals surface area contributed by atoms with Crippen molar-refractivity contribution in [2.45, 2.75) is 52.9 Å². The van der Waals surface area contributed by atoms with Gasteiger partial charge in [0.25, 0.3) is 0 Å². The maximum absolute atomic E-state index is 12.9. The van der Waals surface area contributed by atoms with E-state index in [0.29, 0.717) is 12.3 Å². The largest absolute Gasteiger partial charge is 0.361 e. The lowest BCUT2D eigenvalue weighted by Crippen LogP contribution is -2.42. The van der Waals surface area contributed by atoms with E-state index in [2.05, 4.69) is 21.4 Å². The van der Waals surface area contributed by atoms with E-state index in [1.807, 2.05) is 32.6 Å². The zero-order valence-corrected chi connectivity index (χ0v) is 14.9. The number of amides is 1. The molecule has 2 aromatic heterocycles. The molecule has 2 atom stereocenters. The molecule has 1 aliphatic rings. The predicted octanol–water partition coefficient (Wildman–Crippen LogP) is 2.91. The molecule has 0 radical (unpaired) electrons. The van der Waals surface area contributed by atoms with Crippen LogP contribution in [0.4, 0.5) is 0 Å². The SMILES string of the molecule is Cc1cc([C@H]2CCCN(C(=O)[C@H](C)Cc3c(C)noc3C)C2)n[nH]1. The highest BCUT2D eigenvalue weighted by atomic mass is 16.5. The molecule has 0 unspecified atom stereocenters. The summed E-state index contributed by atoms with van der Waals surface area (Å²) in [5.41, 5.74) is 4.09. The first-order valence-corrected chi connectivity index (χ1v) is 8.68. The van der Waals surface area contributed by atoms with Crippen molar-refractivity contribution in [3.05, 3.63) is 34.5 Å². The van der Waals surface area contributed by atoms with Gasteiger partial charge in [0.1, 0.15) is 5.76 Å². The molecule has 2 aromatic rings. The summed E-state index contributed by atoms with van der Waals surface area (Å²) in [5, 5.41) is 11.4. The van der Waals surface area contributed by atoms with E-state index in [1.54, 1.807) is 0 Å². The molecule has 1 fully saturated rings. The summed E-state index contributed by atoms with van der Waals surface area (Å²) in [7, 11) is 0. The Balaban J connectivity index is 1.65. The maximum Gasteiger partial charge on any atom is 0.225 e. The number of piperidine rings is 1. The number of aromatic nitrogens is 3. The topological polar surface area (TPSA) is 75.0 Å². The first-order chi connectivity index (χ1) is 11.5. The fourth-order valence-electron chi connectivity index (χ4n) is 3.57. The number of hydrogen-bond acceptors (Lipinski definition) is 4. The minimum absolute atomic E-state index is 0.0681. The van der Waals surface area contributed by atoms with Gasteiger partial charge in [-0.3, -0.25) is 9.89 Å². The second-order valence-electron chi connectivity index (χ2n) is 7.01. The minimum Gasteiger partial charge on any atom is -0.361 e. The van der Waals surface area contributed by atoms with Gasteiger partial charge in [-0.05, 0) is 46.1 Å². The predicted molar refractivity (Wildman–Crippen MR) is 90.7 cm³/mol. The van der Waals surface area contributed by atoms with Gasteiger partial charge in [0.2, 0.25) is 5.91 Å². The number of carbonyl (C=O) groups is 1. The van der Waals surface area contributed by atoms with Gasteiger partial charge in [-0.2, -0.15) is 5.10 Å². The Morgan fingerprint density at radius 1 is 1.46 bits per heavy atom. The van der Waals surface area contributed by atoms with Crippen molar-refractivity contribution in [3.63, 3.8) is 0 Å². The standard InChI is InChI=1S/C18H26N4O2/c1-11(8-16-13(3)21-24-14(16)4)18(23)22-7-5-6-15(10-22)17-9-12(2)19-20-17/h9,11,15H,5-8,10H2,1-4H3,(H,19,20)/t11-,15+/m1/s1. The Morgan fingerprint density at radius 2 is 2.25 bits per heavy atom. The van der Waals surface area contributed by atoms with Crippen molar-refractivity contribution in [2.75, 3.05) is 13.1 Å². The van der Waals surface area contributed by atoms with Crippen LogP contribution in [0.5, 0.6) is 0 Å². The van der Waals surface area contributed by atoms with Crippen molar-refractivity contribution in [3.8, 4) is 0 Å². The second-order valence-corrected chi connectivity index (χ2v) is 7.01. The van der Waals surface area contributed by atoms with Crippen LogP contribution in [0.25, 0.3) is 0 Å². The Morgan fingerprint density at radius 3 is 2.88 bits per heavy atom. The third-order valence-corrected chi connectivity index (χ3v) is 4.99. The Labute approximate surface area is 142 Å². The molecular weight excluding hydrogens is 304 g/mol. The van der Waals surface area contributed by atoms with E-state index < -0.39 is 0 Å². The van der Waals surface area contributed by atoms with E-state index in [4.69, 9.17) is 4.52 Å². The van der Waals surface area contributed by atoms with E-state index in [-0.39, 0.29) is 11.8 Å². The highest BCUT2D eigenvalue weighted by Gasteiger charge is 2.29. The second kappa shape index (κ2) is 6.79. The number of hydrogen-bond donors (Lipinski definition) is 1. The first-order valence-electron chi connectivity index (χ1n) is 8.68. The normalized spacial score (nSPS) is 19.5. The number of aromatic amines is 1. The summed E-state index contributed by atoms with van der Waals surface area (Å²) >= 11 is 0. The van der Waals surface area contributed by atoms with Crippen LogP contribution in [-0.4, -0.2) is 39.3 Å². The number of nitrogens with one attached hydrogen (secondary N) is 1. The number of likely N-dealkylation sites (tertiary alicyclic amines) is 1. The molecule has 1 saturated heterocycles. The van der Waals surface area contributed by atoms with Crippen LogP contribution in [0.1, 0.15) is 54.1 Å². The molecule has 0 aromatic carbocycles. The van der Waals surface area contributed by atoms with E-state index >= 15 is 0 Å². The Kier molecular flexibility index (Phi) is 4.73. The highest BCUT2D eigenvalue weighted by molar-refractivity contribution is 5.79. The molecule has 0 bridgehead atoms. The molecule has 0 spiro atoms. The van der Waals surface area contributed by atoms with Crippen molar-refractivity contribution in [1.82, 2.24) is 20.3 Å². The van der Waals surface area contributed by atoms with Gasteiger partial charge in [-0.1, -0.05) is 12.1 Å². The third-order valence-electron chi connectivity index (χ3n) is 4.99. The summed E-state index contributed by atoms with van der Waals surface area (Å²) < 4.78 is 5.21. The molecule has 6 nitrogen and oxygen atoms in total. The first kappa shape index (κ1) is 16.7. The quantitative estimate of drug-likeness (QED) is 0.935. The molecular formula is C18H26N4O2. The van der Waals surface area contributed by atoms with Crippen molar-refractivity contribution in [2.24, 2.45) is 5.92 Å². The van der Waals surface area contributed by atoms with Crippen molar-refractivity contribution >= 4 is 5.91 Å². The monoisotopic (exact) mass is 330 g/mol. The van der Waals surface area contributed by atoms with Crippen LogP contribution in [-0.2, 0) is 11.2 Å². The lowest BCUT2D eigenvalue weighted by molar-refractivity contribution is -0.136. The van der Waals surface area contributed by atoms with E-state index in [0.717, 1.165) is 54.3 Å². The molecule has 6 heteroatoms. The van der Waals surface area contributed by atoms with E-state index in [9.17, 15) is 4.79 Å². The smallest absolute Gasteiger partial charge is 0.225 e. The lowest BCUT2D eigenvalue weighted by atomic mass is 9.92. The lowest BCUT2D eigenvalue weighted by Gasteiger charge is -2.33. The zero-order chi connectivity index (χ0) is 17.3. The van der Waals surface area contributed by atoms with Crippen molar-refractivity contribution in [1.29, 1.82) is 0 Å². The molecule has 0 aliphatic carbocycles. The average molecular weight is 330 g/mol. The van der Waals surface area contributed by atoms with Crippen LogP contribution >= 0.6 is 0 Å². The number of H-pyrrole nitrogens is 1. The van der Waals surface area contributed by atoms with Gasteiger partial charge in [0.05, 0.1) is 11.4 Å². The van der Waals surface area contributed by atoms with Crippen LogP contribution in [0.3, 0.4) is 0 Å². The van der Waals surface area contributed by atoms with Crippen LogP contribution < -0.4 is 0 Å². The number of aryl methyl sites for hydroxylation is 3. The number of nitrogens with zero attached hydrogens (tertiary/aromatic N) is 3. The molecule has 0 saturated carbocycles. The highest BCUT2D eigenvalue weighted by Crippen LogP contribution is 2.27. The molecule has 3 rings (SSSR count). The van der Waals surface area contributed by atoms with Gasteiger partial charge in [0, 0.05) is 36.2 Å². The molecule has 1 aliphatic heterocycles. The van der Waals surface area contributed by atoms with Gasteiger partial charge < -0.3 is 9.42 Å². The molecule has 1 N–H and O–H groups in total.